The summed E-state index contributed by atoms with van der Waals surface area (Å²) in [6, 6.07) is 7.57. The summed E-state index contributed by atoms with van der Waals surface area (Å²) in [6.45, 7) is 1.37. The summed E-state index contributed by atoms with van der Waals surface area (Å²) in [4.78, 5) is 16.8. The first-order valence-corrected chi connectivity index (χ1v) is 4.87. The van der Waals surface area contributed by atoms with Crippen molar-refractivity contribution in [2.75, 3.05) is 0 Å². The molecule has 1 aliphatic rings. The van der Waals surface area contributed by atoms with Crippen LogP contribution in [0.3, 0.4) is 0 Å². The van der Waals surface area contributed by atoms with Gasteiger partial charge in [-0.2, -0.15) is 0 Å². The van der Waals surface area contributed by atoms with Crippen LogP contribution in [-0.2, 0) is 4.79 Å². The highest BCUT2D eigenvalue weighted by atomic mass is 16.2. The van der Waals surface area contributed by atoms with Crippen molar-refractivity contribution >= 4 is 18.1 Å². The second kappa shape index (κ2) is 3.77. The number of aliphatic imine (C=N–C) groups is 1. The Morgan fingerprint density at radius 3 is 2.81 bits per heavy atom. The van der Waals surface area contributed by atoms with E-state index in [0.717, 1.165) is 11.1 Å². The van der Waals surface area contributed by atoms with Crippen LogP contribution in [0.15, 0.2) is 29.3 Å². The smallest absolute Gasteiger partial charge is 0.228 e. The summed E-state index contributed by atoms with van der Waals surface area (Å²) in [6.07, 6.45) is 1.20. The van der Waals surface area contributed by atoms with Crippen LogP contribution in [0.1, 0.15) is 24.2 Å². The van der Waals surface area contributed by atoms with E-state index >= 15 is 0 Å². The number of amides is 1. The third-order valence-electron chi connectivity index (χ3n) is 2.47. The van der Waals surface area contributed by atoms with Gasteiger partial charge in [0.25, 0.3) is 0 Å². The molecule has 5 heteroatoms. The van der Waals surface area contributed by atoms with Crippen LogP contribution in [0.4, 0.5) is 0 Å². The molecule has 0 aliphatic carbocycles. The summed E-state index contributed by atoms with van der Waals surface area (Å²) in [7, 11) is 0. The molecule has 0 fully saturated rings. The molecule has 1 amide bonds. The number of hydrogen-bond acceptors (Lipinski definition) is 3. The summed E-state index contributed by atoms with van der Waals surface area (Å²) in [5.74, 6) is -0.572. The Morgan fingerprint density at radius 1 is 1.50 bits per heavy atom. The number of nitrogens with two attached hydrogens (primary N) is 1. The SMILES string of the molecule is CC(=O)N(C(=N)N)C1N=Cc2ccccc21. The lowest BCUT2D eigenvalue weighted by Crippen LogP contribution is -2.41. The number of carbonyl (C=O) groups is 1. The van der Waals surface area contributed by atoms with Crippen molar-refractivity contribution in [2.45, 2.75) is 13.1 Å². The average Bonchev–Trinajstić information content (AvgIpc) is 2.61. The van der Waals surface area contributed by atoms with Crippen LogP contribution in [0.2, 0.25) is 0 Å². The fourth-order valence-corrected chi connectivity index (χ4v) is 1.77. The lowest BCUT2D eigenvalue weighted by Gasteiger charge is -2.24. The molecular weight excluding hydrogens is 204 g/mol. The Labute approximate surface area is 93.1 Å². The first kappa shape index (κ1) is 10.4. The maximum absolute atomic E-state index is 11.4. The van der Waals surface area contributed by atoms with Gasteiger partial charge in [-0.15, -0.1) is 0 Å². The molecule has 2 rings (SSSR count). The number of benzene rings is 1. The summed E-state index contributed by atoms with van der Waals surface area (Å²) in [5, 5.41) is 7.40. The van der Waals surface area contributed by atoms with Gasteiger partial charge in [0.1, 0.15) is 0 Å². The van der Waals surface area contributed by atoms with Gasteiger partial charge in [0.15, 0.2) is 12.1 Å². The molecule has 3 N–H and O–H groups in total. The molecule has 16 heavy (non-hydrogen) atoms. The van der Waals surface area contributed by atoms with Crippen molar-refractivity contribution in [2.24, 2.45) is 10.7 Å². The van der Waals surface area contributed by atoms with Gasteiger partial charge in [0.2, 0.25) is 5.91 Å². The third kappa shape index (κ3) is 1.56. The minimum absolute atomic E-state index is 0.286. The van der Waals surface area contributed by atoms with E-state index in [4.69, 9.17) is 11.1 Å². The summed E-state index contributed by atoms with van der Waals surface area (Å²) in [5.41, 5.74) is 7.24. The van der Waals surface area contributed by atoms with Crippen molar-refractivity contribution in [3.8, 4) is 0 Å². The van der Waals surface area contributed by atoms with E-state index in [1.165, 1.54) is 11.8 Å². The quantitative estimate of drug-likeness (QED) is 0.539. The van der Waals surface area contributed by atoms with Crippen LogP contribution >= 0.6 is 0 Å². The standard InChI is InChI=1S/C11H12N4O/c1-7(16)15(11(12)13)10-9-5-3-2-4-8(9)6-14-10/h2-6,10H,1H3,(H3,12,13). The Kier molecular flexibility index (Phi) is 2.44. The van der Waals surface area contributed by atoms with Crippen LogP contribution in [0, 0.1) is 5.41 Å². The normalized spacial score (nSPS) is 16.9. The van der Waals surface area contributed by atoms with Crippen molar-refractivity contribution in [3.05, 3.63) is 35.4 Å². The minimum atomic E-state index is -0.494. The lowest BCUT2D eigenvalue weighted by molar-refractivity contribution is -0.126. The number of guanidine groups is 1. The molecular formula is C11H12N4O. The van der Waals surface area contributed by atoms with Gasteiger partial charge < -0.3 is 5.73 Å². The molecule has 0 bridgehead atoms. The molecule has 1 aromatic carbocycles. The minimum Gasteiger partial charge on any atom is -0.370 e. The molecule has 1 aromatic rings. The predicted molar refractivity (Wildman–Crippen MR) is 61.2 cm³/mol. The molecule has 0 aromatic heterocycles. The number of hydrogen-bond donors (Lipinski definition) is 2. The van der Waals surface area contributed by atoms with E-state index in [-0.39, 0.29) is 11.9 Å². The van der Waals surface area contributed by atoms with E-state index < -0.39 is 6.17 Å². The number of nitrogens with zero attached hydrogens (tertiary/aromatic N) is 2. The number of carbonyl (C=O) groups excluding carboxylic acids is 1. The maximum atomic E-state index is 11.4. The Morgan fingerprint density at radius 2 is 2.19 bits per heavy atom. The molecule has 0 spiro atoms. The summed E-state index contributed by atoms with van der Waals surface area (Å²) < 4.78 is 0. The highest BCUT2D eigenvalue weighted by Crippen LogP contribution is 2.29. The molecule has 82 valence electrons. The van der Waals surface area contributed by atoms with Crippen LogP contribution in [0.25, 0.3) is 0 Å². The monoisotopic (exact) mass is 216 g/mol. The highest BCUT2D eigenvalue weighted by Gasteiger charge is 2.28. The van der Waals surface area contributed by atoms with Crippen LogP contribution in [0.5, 0.6) is 0 Å². The van der Waals surface area contributed by atoms with Gasteiger partial charge in [-0.3, -0.25) is 20.1 Å². The molecule has 1 aliphatic heterocycles. The zero-order valence-electron chi connectivity index (χ0n) is 8.84. The first-order chi connectivity index (χ1) is 7.61. The van der Waals surface area contributed by atoms with Gasteiger partial charge in [0, 0.05) is 18.7 Å². The zero-order valence-corrected chi connectivity index (χ0v) is 8.84. The van der Waals surface area contributed by atoms with Crippen molar-refractivity contribution in [1.82, 2.24) is 4.90 Å². The molecule has 1 unspecified atom stereocenters. The van der Waals surface area contributed by atoms with Crippen LogP contribution in [-0.4, -0.2) is 23.0 Å². The van der Waals surface area contributed by atoms with Gasteiger partial charge in [0.05, 0.1) is 0 Å². The first-order valence-electron chi connectivity index (χ1n) is 4.87. The largest absolute Gasteiger partial charge is 0.370 e. The molecule has 0 saturated heterocycles. The average molecular weight is 216 g/mol. The van der Waals surface area contributed by atoms with Crippen molar-refractivity contribution in [1.29, 1.82) is 5.41 Å². The van der Waals surface area contributed by atoms with Gasteiger partial charge in [-0.1, -0.05) is 24.3 Å². The maximum Gasteiger partial charge on any atom is 0.228 e. The second-order valence-electron chi connectivity index (χ2n) is 3.56. The lowest BCUT2D eigenvalue weighted by atomic mass is 10.1. The fraction of sp³-hybridized carbons (Fsp3) is 0.182. The van der Waals surface area contributed by atoms with Gasteiger partial charge in [-0.25, -0.2) is 0 Å². The molecule has 0 saturated carbocycles. The van der Waals surface area contributed by atoms with E-state index in [1.54, 1.807) is 6.21 Å². The molecule has 1 atom stereocenters. The van der Waals surface area contributed by atoms with Crippen molar-refractivity contribution < 1.29 is 4.79 Å². The van der Waals surface area contributed by atoms with Gasteiger partial charge in [-0.05, 0) is 5.56 Å². The summed E-state index contributed by atoms with van der Waals surface area (Å²) >= 11 is 0. The van der Waals surface area contributed by atoms with E-state index in [9.17, 15) is 4.79 Å². The van der Waals surface area contributed by atoms with Crippen molar-refractivity contribution in [3.63, 3.8) is 0 Å². The molecule has 5 nitrogen and oxygen atoms in total. The zero-order chi connectivity index (χ0) is 11.7. The van der Waals surface area contributed by atoms with E-state index in [2.05, 4.69) is 4.99 Å². The number of rotatable bonds is 1. The Bertz CT molecular complexity index is 467. The second-order valence-corrected chi connectivity index (χ2v) is 3.56. The van der Waals surface area contributed by atoms with Gasteiger partial charge >= 0.3 is 0 Å². The van der Waals surface area contributed by atoms with E-state index in [1.807, 2.05) is 24.3 Å². The Balaban J connectivity index is 2.41. The number of fused-ring (bicyclic) bond motifs is 1. The third-order valence-corrected chi connectivity index (χ3v) is 2.47. The van der Waals surface area contributed by atoms with E-state index in [0.29, 0.717) is 0 Å². The Hall–Kier alpha value is -2.17. The molecule has 0 radical (unpaired) electrons. The topological polar surface area (TPSA) is 82.5 Å². The highest BCUT2D eigenvalue weighted by molar-refractivity contribution is 5.96. The molecule has 1 heterocycles. The van der Waals surface area contributed by atoms with Crippen LogP contribution < -0.4 is 5.73 Å². The number of nitrogens with one attached hydrogen (secondary N) is 1. The fourth-order valence-electron chi connectivity index (χ4n) is 1.77. The predicted octanol–water partition coefficient (Wildman–Crippen LogP) is 0.860.